The van der Waals surface area contributed by atoms with Crippen LogP contribution in [0.15, 0.2) is 24.5 Å². The third-order valence-corrected chi connectivity index (χ3v) is 6.03. The van der Waals surface area contributed by atoms with Gasteiger partial charge >= 0.3 is 8.80 Å². The molecule has 18 heavy (non-hydrogen) atoms. The SMILES string of the molecule is CCC(C)c1cc[n+](C[Si](OC)(OC)OC)cc1. The molecule has 0 amide bonds. The number of rotatable bonds is 7. The Hall–Kier alpha value is -0.753. The van der Waals surface area contributed by atoms with Crippen molar-refractivity contribution in [1.82, 2.24) is 0 Å². The van der Waals surface area contributed by atoms with E-state index < -0.39 is 8.80 Å². The summed E-state index contributed by atoms with van der Waals surface area (Å²) in [5.74, 6) is 0.592. The van der Waals surface area contributed by atoms with Gasteiger partial charge in [0.1, 0.15) is 0 Å². The van der Waals surface area contributed by atoms with Crippen LogP contribution >= 0.6 is 0 Å². The van der Waals surface area contributed by atoms with Crippen molar-refractivity contribution < 1.29 is 17.8 Å². The molecule has 0 saturated carbocycles. The van der Waals surface area contributed by atoms with E-state index in [2.05, 4.69) is 42.9 Å². The lowest BCUT2D eigenvalue weighted by molar-refractivity contribution is -0.685. The van der Waals surface area contributed by atoms with Gasteiger partial charge in [-0.1, -0.05) is 13.8 Å². The molecule has 1 unspecified atom stereocenters. The molecule has 0 aliphatic rings. The van der Waals surface area contributed by atoms with Crippen LogP contribution in [-0.4, -0.2) is 30.1 Å². The van der Waals surface area contributed by atoms with Crippen LogP contribution in [0.5, 0.6) is 0 Å². The fourth-order valence-corrected chi connectivity index (χ4v) is 3.35. The first-order chi connectivity index (χ1) is 8.60. The number of pyridine rings is 1. The molecule has 0 aliphatic heterocycles. The fourth-order valence-electron chi connectivity index (χ4n) is 1.81. The van der Waals surface area contributed by atoms with Gasteiger partial charge in [-0.25, -0.2) is 4.57 Å². The largest absolute Gasteiger partial charge is 0.569 e. The molecular weight excluding hydrogens is 246 g/mol. The van der Waals surface area contributed by atoms with Crippen LogP contribution in [-0.2, 0) is 19.4 Å². The molecule has 0 aliphatic carbocycles. The molecular formula is C13H24NO3Si+. The quantitative estimate of drug-likeness (QED) is 0.560. The van der Waals surface area contributed by atoms with Gasteiger partial charge in [-0.15, -0.1) is 0 Å². The zero-order valence-electron chi connectivity index (χ0n) is 12.0. The second kappa shape index (κ2) is 6.99. The van der Waals surface area contributed by atoms with E-state index in [0.29, 0.717) is 12.1 Å². The maximum atomic E-state index is 5.41. The predicted octanol–water partition coefficient (Wildman–Crippen LogP) is 1.90. The van der Waals surface area contributed by atoms with Crippen LogP contribution in [0.3, 0.4) is 0 Å². The number of hydrogen-bond donors (Lipinski definition) is 0. The first-order valence-corrected chi connectivity index (χ1v) is 8.18. The molecule has 1 heterocycles. The minimum Gasteiger partial charge on any atom is -0.373 e. The van der Waals surface area contributed by atoms with Gasteiger partial charge in [-0.3, -0.25) is 0 Å². The van der Waals surface area contributed by atoms with E-state index in [-0.39, 0.29) is 0 Å². The van der Waals surface area contributed by atoms with Crippen LogP contribution in [0.2, 0.25) is 0 Å². The van der Waals surface area contributed by atoms with Crippen molar-refractivity contribution in [2.24, 2.45) is 0 Å². The third kappa shape index (κ3) is 3.62. The van der Waals surface area contributed by atoms with Gasteiger partial charge in [-0.2, -0.15) is 0 Å². The molecule has 102 valence electrons. The monoisotopic (exact) mass is 270 g/mol. The normalized spacial score (nSPS) is 13.6. The van der Waals surface area contributed by atoms with E-state index >= 15 is 0 Å². The molecule has 0 bridgehead atoms. The Labute approximate surface area is 111 Å². The Bertz CT molecular complexity index is 343. The third-order valence-electron chi connectivity index (χ3n) is 3.41. The summed E-state index contributed by atoms with van der Waals surface area (Å²) in [6.07, 6.45) is 5.88. The van der Waals surface area contributed by atoms with Crippen LogP contribution in [0.1, 0.15) is 31.7 Å². The van der Waals surface area contributed by atoms with Crippen molar-refractivity contribution in [3.8, 4) is 0 Å². The van der Waals surface area contributed by atoms with Crippen molar-refractivity contribution >= 4 is 8.80 Å². The number of aromatic nitrogens is 1. The molecule has 4 nitrogen and oxygen atoms in total. The van der Waals surface area contributed by atoms with E-state index in [1.807, 2.05) is 0 Å². The molecule has 1 aromatic heterocycles. The highest BCUT2D eigenvalue weighted by Crippen LogP contribution is 2.16. The molecule has 0 fully saturated rings. The van der Waals surface area contributed by atoms with E-state index in [0.717, 1.165) is 6.42 Å². The molecule has 0 spiro atoms. The van der Waals surface area contributed by atoms with Crippen molar-refractivity contribution in [2.75, 3.05) is 21.3 Å². The average Bonchev–Trinajstić information content (AvgIpc) is 2.45. The summed E-state index contributed by atoms with van der Waals surface area (Å²) in [7, 11) is 2.35. The molecule has 1 rings (SSSR count). The van der Waals surface area contributed by atoms with Crippen LogP contribution in [0, 0.1) is 0 Å². The van der Waals surface area contributed by atoms with Crippen molar-refractivity contribution in [3.63, 3.8) is 0 Å². The van der Waals surface area contributed by atoms with E-state index in [9.17, 15) is 0 Å². The minimum atomic E-state index is -2.55. The van der Waals surface area contributed by atoms with Crippen LogP contribution < -0.4 is 4.57 Å². The minimum absolute atomic E-state index is 0.592. The highest BCUT2D eigenvalue weighted by Gasteiger charge is 2.43. The Morgan fingerprint density at radius 1 is 1.11 bits per heavy atom. The second-order valence-electron chi connectivity index (χ2n) is 4.41. The standard InChI is InChI=1S/C13H24NO3Si/c1-6-12(2)13-7-9-14(10-8-13)11-18(15-3,16-4)17-5/h7-10,12H,6,11H2,1-5H3/q+1. The molecule has 0 saturated heterocycles. The lowest BCUT2D eigenvalue weighted by Gasteiger charge is -2.21. The Morgan fingerprint density at radius 3 is 2.00 bits per heavy atom. The topological polar surface area (TPSA) is 31.6 Å². The molecule has 1 atom stereocenters. The Morgan fingerprint density at radius 2 is 1.61 bits per heavy atom. The zero-order valence-corrected chi connectivity index (χ0v) is 13.0. The Kier molecular flexibility index (Phi) is 5.94. The number of nitrogens with zero attached hydrogens (tertiary/aromatic N) is 1. The lowest BCUT2D eigenvalue weighted by Crippen LogP contribution is -2.56. The summed E-state index contributed by atoms with van der Waals surface area (Å²) < 4.78 is 18.3. The highest BCUT2D eigenvalue weighted by atomic mass is 28.4. The van der Waals surface area contributed by atoms with E-state index in [1.54, 1.807) is 21.3 Å². The van der Waals surface area contributed by atoms with Gasteiger partial charge < -0.3 is 13.3 Å². The first kappa shape index (κ1) is 15.3. The van der Waals surface area contributed by atoms with Crippen molar-refractivity contribution in [1.29, 1.82) is 0 Å². The van der Waals surface area contributed by atoms with Gasteiger partial charge in [0.25, 0.3) is 0 Å². The van der Waals surface area contributed by atoms with Gasteiger partial charge in [0.15, 0.2) is 12.4 Å². The van der Waals surface area contributed by atoms with Gasteiger partial charge in [-0.05, 0) is 17.9 Å². The molecule has 0 aromatic carbocycles. The van der Waals surface area contributed by atoms with E-state index in [1.165, 1.54) is 5.56 Å². The van der Waals surface area contributed by atoms with Gasteiger partial charge in [0, 0.05) is 33.5 Å². The first-order valence-electron chi connectivity index (χ1n) is 6.25. The van der Waals surface area contributed by atoms with Crippen LogP contribution in [0.4, 0.5) is 0 Å². The van der Waals surface area contributed by atoms with Crippen LogP contribution in [0.25, 0.3) is 0 Å². The predicted molar refractivity (Wildman–Crippen MR) is 72.1 cm³/mol. The number of hydrogen-bond acceptors (Lipinski definition) is 3. The second-order valence-corrected chi connectivity index (χ2v) is 7.32. The van der Waals surface area contributed by atoms with Gasteiger partial charge in [0.2, 0.25) is 6.17 Å². The smallest absolute Gasteiger partial charge is 0.373 e. The average molecular weight is 270 g/mol. The summed E-state index contributed by atoms with van der Waals surface area (Å²) in [5, 5.41) is 0. The zero-order chi connectivity index (χ0) is 13.6. The summed E-state index contributed by atoms with van der Waals surface area (Å²) in [4.78, 5) is 0. The van der Waals surface area contributed by atoms with E-state index in [4.69, 9.17) is 13.3 Å². The lowest BCUT2D eigenvalue weighted by atomic mass is 10.0. The highest BCUT2D eigenvalue weighted by molar-refractivity contribution is 6.58. The fraction of sp³-hybridized carbons (Fsp3) is 0.615. The van der Waals surface area contributed by atoms with Crippen molar-refractivity contribution in [2.45, 2.75) is 32.4 Å². The maximum absolute atomic E-state index is 5.41. The Balaban J connectivity index is 2.79. The molecule has 0 N–H and O–H groups in total. The maximum Gasteiger partial charge on any atom is 0.569 e. The molecule has 0 radical (unpaired) electrons. The van der Waals surface area contributed by atoms with Crippen molar-refractivity contribution in [3.05, 3.63) is 30.1 Å². The summed E-state index contributed by atoms with van der Waals surface area (Å²) in [6.45, 7) is 4.43. The molecule has 5 heteroatoms. The summed E-state index contributed by atoms with van der Waals surface area (Å²) >= 11 is 0. The molecule has 1 aromatic rings. The summed E-state index contributed by atoms with van der Waals surface area (Å²) in [6, 6.07) is 4.29. The van der Waals surface area contributed by atoms with Gasteiger partial charge in [0.05, 0.1) is 0 Å². The summed E-state index contributed by atoms with van der Waals surface area (Å²) in [5.41, 5.74) is 1.35.